The summed E-state index contributed by atoms with van der Waals surface area (Å²) in [5.74, 6) is -1.27. The van der Waals surface area contributed by atoms with E-state index in [1.807, 2.05) is 12.2 Å². The minimum Gasteiger partial charge on any atom is -0.465 e. The van der Waals surface area contributed by atoms with E-state index in [0.717, 1.165) is 19.3 Å². The maximum atomic E-state index is 13.9. The summed E-state index contributed by atoms with van der Waals surface area (Å²) in [6.07, 6.45) is 5.65. The number of amides is 3. The molecule has 2 fully saturated rings. The number of allylic oxidation sites excluding steroid dienone is 1. The van der Waals surface area contributed by atoms with E-state index in [-0.39, 0.29) is 37.0 Å². The van der Waals surface area contributed by atoms with Gasteiger partial charge in [0.05, 0.1) is 19.3 Å². The van der Waals surface area contributed by atoms with Crippen molar-refractivity contribution in [1.82, 2.24) is 15.5 Å². The van der Waals surface area contributed by atoms with Gasteiger partial charge < -0.3 is 29.7 Å². The van der Waals surface area contributed by atoms with Crippen molar-refractivity contribution in [1.29, 1.82) is 0 Å². The number of carbonyl (C=O) groups is 4. The molecule has 3 amide bonds. The van der Waals surface area contributed by atoms with Crippen molar-refractivity contribution in [2.75, 3.05) is 26.3 Å². The van der Waals surface area contributed by atoms with Crippen LogP contribution in [0.1, 0.15) is 74.7 Å². The number of alkyl carbamates (subject to hydrolysis) is 1. The van der Waals surface area contributed by atoms with E-state index >= 15 is 0 Å². The fourth-order valence-corrected chi connectivity index (χ4v) is 5.09. The highest BCUT2D eigenvalue weighted by molar-refractivity contribution is 5.94. The van der Waals surface area contributed by atoms with Gasteiger partial charge in [-0.25, -0.2) is 4.79 Å². The van der Waals surface area contributed by atoms with Crippen molar-refractivity contribution in [2.24, 2.45) is 17.3 Å². The van der Waals surface area contributed by atoms with Gasteiger partial charge in [0.15, 0.2) is 0 Å². The largest absolute Gasteiger partial charge is 0.465 e. The van der Waals surface area contributed by atoms with Crippen LogP contribution < -0.4 is 10.6 Å². The zero-order chi connectivity index (χ0) is 28.7. The molecule has 2 aliphatic rings. The van der Waals surface area contributed by atoms with E-state index < -0.39 is 47.7 Å². The molecule has 38 heavy (non-hydrogen) atoms. The molecule has 216 valence electrons. The maximum Gasteiger partial charge on any atom is 0.408 e. The van der Waals surface area contributed by atoms with E-state index in [4.69, 9.17) is 14.2 Å². The number of piperidine rings is 1. The molecule has 0 aromatic rings. The highest BCUT2D eigenvalue weighted by atomic mass is 16.6. The second-order valence-corrected chi connectivity index (χ2v) is 11.7. The molecule has 1 heterocycles. The SMILES string of the molecule is CCCCC=CCO[C@@H](C)[C@H](NC(=O)OC(C)(C)C)C(=O)N1C[C@H]2[C@@H]([C@H]1C(=O)NCC(=O)OCC)C2(C)C. The number of hydrogen-bond acceptors (Lipinski definition) is 7. The average molecular weight is 538 g/mol. The number of carbonyl (C=O) groups excluding carboxylic acids is 4. The molecule has 1 aliphatic heterocycles. The maximum absolute atomic E-state index is 13.9. The Kier molecular flexibility index (Phi) is 11.2. The Morgan fingerprint density at radius 2 is 1.82 bits per heavy atom. The standard InChI is InChI=1S/C28H47N3O7/c1-9-11-12-13-14-15-37-18(3)22(30-26(35)38-27(4,5)6)25(34)31-17-19-21(28(19,7)8)23(31)24(33)29-16-20(32)36-10-2/h13-14,18-19,21-23H,9-12,15-17H2,1-8H3,(H,29,33)(H,30,35)/t18-,19-,21-,22-,23-/m0/s1. The Bertz CT molecular complexity index is 880. The highest BCUT2D eigenvalue weighted by Crippen LogP contribution is 2.64. The van der Waals surface area contributed by atoms with Crippen LogP contribution in [0.2, 0.25) is 0 Å². The minimum atomic E-state index is -1.06. The van der Waals surface area contributed by atoms with E-state index in [1.165, 1.54) is 4.90 Å². The van der Waals surface area contributed by atoms with Gasteiger partial charge in [-0.3, -0.25) is 14.4 Å². The molecule has 2 N–H and O–H groups in total. The van der Waals surface area contributed by atoms with E-state index in [2.05, 4.69) is 31.4 Å². The van der Waals surface area contributed by atoms with Crippen molar-refractivity contribution in [3.05, 3.63) is 12.2 Å². The second-order valence-electron chi connectivity index (χ2n) is 11.7. The van der Waals surface area contributed by atoms with Gasteiger partial charge in [0.25, 0.3) is 0 Å². The molecular weight excluding hydrogens is 490 g/mol. The number of hydrogen-bond donors (Lipinski definition) is 2. The van der Waals surface area contributed by atoms with Crippen LogP contribution in [0.15, 0.2) is 12.2 Å². The van der Waals surface area contributed by atoms with Crippen LogP contribution in [-0.2, 0) is 28.6 Å². The lowest BCUT2D eigenvalue weighted by Gasteiger charge is -2.35. The predicted octanol–water partition coefficient (Wildman–Crippen LogP) is 3.19. The summed E-state index contributed by atoms with van der Waals surface area (Å²) in [6, 6.07) is -1.82. The molecule has 1 aliphatic carbocycles. The zero-order valence-electron chi connectivity index (χ0n) is 24.3. The Morgan fingerprint density at radius 1 is 1.13 bits per heavy atom. The van der Waals surface area contributed by atoms with Crippen LogP contribution in [0, 0.1) is 17.3 Å². The summed E-state index contributed by atoms with van der Waals surface area (Å²) in [5.41, 5.74) is -0.860. The number of fused-ring (bicyclic) bond motifs is 1. The van der Waals surface area contributed by atoms with Gasteiger partial charge in [-0.15, -0.1) is 0 Å². The molecule has 2 rings (SSSR count). The molecule has 10 nitrogen and oxygen atoms in total. The van der Waals surface area contributed by atoms with E-state index in [9.17, 15) is 19.2 Å². The number of nitrogens with zero attached hydrogens (tertiary/aromatic N) is 1. The number of likely N-dealkylation sites (tertiary alicyclic amines) is 1. The highest BCUT2D eigenvalue weighted by Gasteiger charge is 2.69. The van der Waals surface area contributed by atoms with Gasteiger partial charge in [-0.1, -0.05) is 45.8 Å². The lowest BCUT2D eigenvalue weighted by Crippen LogP contribution is -2.59. The molecular formula is C28H47N3O7. The first-order valence-corrected chi connectivity index (χ1v) is 13.7. The lowest BCUT2D eigenvalue weighted by molar-refractivity contribution is -0.146. The van der Waals surface area contributed by atoms with Gasteiger partial charge >= 0.3 is 12.1 Å². The first-order chi connectivity index (χ1) is 17.7. The third-order valence-electron chi connectivity index (χ3n) is 7.23. The summed E-state index contributed by atoms with van der Waals surface area (Å²) >= 11 is 0. The van der Waals surface area contributed by atoms with E-state index in [1.54, 1.807) is 34.6 Å². The number of esters is 1. The summed E-state index contributed by atoms with van der Waals surface area (Å²) in [7, 11) is 0. The molecule has 0 unspecified atom stereocenters. The molecule has 0 spiro atoms. The van der Waals surface area contributed by atoms with Crippen LogP contribution >= 0.6 is 0 Å². The molecule has 0 aromatic heterocycles. The predicted molar refractivity (Wildman–Crippen MR) is 143 cm³/mol. The minimum absolute atomic E-state index is 0.0476. The van der Waals surface area contributed by atoms with Gasteiger partial charge in [-0.05, 0) is 58.3 Å². The molecule has 0 aromatic carbocycles. The summed E-state index contributed by atoms with van der Waals surface area (Å²) in [5, 5.41) is 5.31. The first kappa shape index (κ1) is 31.6. The molecule has 1 saturated heterocycles. The molecule has 5 atom stereocenters. The average Bonchev–Trinajstić information content (AvgIpc) is 3.15. The molecule has 1 saturated carbocycles. The number of rotatable bonds is 13. The normalized spacial score (nSPS) is 23.4. The van der Waals surface area contributed by atoms with Crippen LogP contribution in [0.25, 0.3) is 0 Å². The van der Waals surface area contributed by atoms with Gasteiger partial charge in [0.1, 0.15) is 24.2 Å². The lowest BCUT2D eigenvalue weighted by atomic mass is 9.99. The van der Waals surface area contributed by atoms with Crippen LogP contribution in [-0.4, -0.2) is 78.9 Å². The monoisotopic (exact) mass is 537 g/mol. The molecule has 0 bridgehead atoms. The number of nitrogens with one attached hydrogen (secondary N) is 2. The van der Waals surface area contributed by atoms with Crippen LogP contribution in [0.4, 0.5) is 4.79 Å². The third kappa shape index (κ3) is 8.44. The fraction of sp³-hybridized carbons (Fsp3) is 0.786. The summed E-state index contributed by atoms with van der Waals surface area (Å²) in [4.78, 5) is 53.1. The first-order valence-electron chi connectivity index (χ1n) is 13.7. The topological polar surface area (TPSA) is 123 Å². The Morgan fingerprint density at radius 3 is 2.42 bits per heavy atom. The molecule has 0 radical (unpaired) electrons. The van der Waals surface area contributed by atoms with E-state index in [0.29, 0.717) is 6.54 Å². The Hall–Kier alpha value is -2.62. The fourth-order valence-electron chi connectivity index (χ4n) is 5.09. The van der Waals surface area contributed by atoms with Gasteiger partial charge in [-0.2, -0.15) is 0 Å². The van der Waals surface area contributed by atoms with Crippen LogP contribution in [0.5, 0.6) is 0 Å². The smallest absolute Gasteiger partial charge is 0.408 e. The van der Waals surface area contributed by atoms with Crippen molar-refractivity contribution in [3.8, 4) is 0 Å². The zero-order valence-corrected chi connectivity index (χ0v) is 24.3. The second kappa shape index (κ2) is 13.4. The third-order valence-corrected chi connectivity index (χ3v) is 7.23. The Labute approximate surface area is 227 Å². The summed E-state index contributed by atoms with van der Waals surface area (Å²) in [6.45, 7) is 15.5. The van der Waals surface area contributed by atoms with Crippen molar-refractivity contribution in [3.63, 3.8) is 0 Å². The van der Waals surface area contributed by atoms with Crippen molar-refractivity contribution < 1.29 is 33.4 Å². The van der Waals surface area contributed by atoms with Crippen LogP contribution in [0.3, 0.4) is 0 Å². The molecule has 10 heteroatoms. The number of ether oxygens (including phenoxy) is 3. The Balaban J connectivity index is 2.19. The van der Waals surface area contributed by atoms with Gasteiger partial charge in [0, 0.05) is 6.54 Å². The summed E-state index contributed by atoms with van der Waals surface area (Å²) < 4.78 is 16.2. The van der Waals surface area contributed by atoms with Gasteiger partial charge in [0.2, 0.25) is 11.8 Å². The van der Waals surface area contributed by atoms with Crippen molar-refractivity contribution in [2.45, 2.75) is 98.4 Å². The number of unbranched alkanes of at least 4 members (excludes halogenated alkanes) is 2. The quantitative estimate of drug-likeness (QED) is 0.210. The van der Waals surface area contributed by atoms with Crippen molar-refractivity contribution >= 4 is 23.9 Å².